The molecule has 0 saturated heterocycles. The normalized spacial score (nSPS) is 13.6. The Hall–Kier alpha value is -0.820. The number of nitrogens with one attached hydrogen (secondary N) is 1. The van der Waals surface area contributed by atoms with Crippen molar-refractivity contribution in [1.82, 2.24) is 5.32 Å². The quantitative estimate of drug-likeness (QED) is 0.796. The van der Waals surface area contributed by atoms with Crippen molar-refractivity contribution in [2.24, 2.45) is 5.92 Å². The Morgan fingerprint density at radius 2 is 1.67 bits per heavy atom. The van der Waals surface area contributed by atoms with E-state index in [0.717, 1.165) is 12.5 Å². The molecule has 102 valence electrons. The number of hydrogen-bond acceptors (Lipinski definition) is 1. The third kappa shape index (κ3) is 5.22. The summed E-state index contributed by atoms with van der Waals surface area (Å²) in [6, 6.07) is 9.16. The van der Waals surface area contributed by atoms with Gasteiger partial charge in [0, 0.05) is 0 Å². The van der Waals surface area contributed by atoms with Crippen LogP contribution in [0.3, 0.4) is 0 Å². The molecule has 0 aliphatic heterocycles. The number of hydrogen-bond donors (Lipinski definition) is 1. The topological polar surface area (TPSA) is 12.0 Å². The Bertz CT molecular complexity index is 332. The molecular formula is C17H29N. The van der Waals surface area contributed by atoms with Gasteiger partial charge in [-0.15, -0.1) is 0 Å². The molecule has 1 heteroatoms. The third-order valence-corrected chi connectivity index (χ3v) is 3.63. The molecule has 0 bridgehead atoms. The maximum Gasteiger partial charge on any atom is -0.00494 e. The molecule has 18 heavy (non-hydrogen) atoms. The van der Waals surface area contributed by atoms with Gasteiger partial charge in [0.2, 0.25) is 0 Å². The van der Waals surface area contributed by atoms with Crippen LogP contribution in [0.4, 0.5) is 0 Å². The van der Waals surface area contributed by atoms with Gasteiger partial charge in [-0.1, -0.05) is 52.0 Å². The Morgan fingerprint density at radius 3 is 2.17 bits per heavy atom. The van der Waals surface area contributed by atoms with Crippen LogP contribution < -0.4 is 5.32 Å². The summed E-state index contributed by atoms with van der Waals surface area (Å²) in [7, 11) is 2.03. The van der Waals surface area contributed by atoms with E-state index in [1.807, 2.05) is 7.05 Å². The molecule has 0 amide bonds. The van der Waals surface area contributed by atoms with Gasteiger partial charge in [0.25, 0.3) is 0 Å². The molecule has 0 aromatic heterocycles. The molecule has 1 N–H and O–H groups in total. The summed E-state index contributed by atoms with van der Waals surface area (Å²) in [6.45, 7) is 10.3. The van der Waals surface area contributed by atoms with Crippen molar-refractivity contribution in [3.05, 3.63) is 35.4 Å². The van der Waals surface area contributed by atoms with E-state index in [0.29, 0.717) is 0 Å². The van der Waals surface area contributed by atoms with Crippen molar-refractivity contribution in [1.29, 1.82) is 0 Å². The van der Waals surface area contributed by atoms with Crippen LogP contribution in [-0.4, -0.2) is 13.6 Å². The summed E-state index contributed by atoms with van der Waals surface area (Å²) < 4.78 is 0. The second-order valence-electron chi connectivity index (χ2n) is 6.48. The van der Waals surface area contributed by atoms with Crippen LogP contribution in [0.25, 0.3) is 0 Å². The van der Waals surface area contributed by atoms with E-state index in [4.69, 9.17) is 0 Å². The van der Waals surface area contributed by atoms with Gasteiger partial charge >= 0.3 is 0 Å². The number of aryl methyl sites for hydroxylation is 1. The number of benzene rings is 1. The second-order valence-corrected chi connectivity index (χ2v) is 6.48. The smallest absolute Gasteiger partial charge is 0.00494 e. The van der Waals surface area contributed by atoms with Crippen molar-refractivity contribution in [3.63, 3.8) is 0 Å². The van der Waals surface area contributed by atoms with Gasteiger partial charge in [-0.2, -0.15) is 0 Å². The summed E-state index contributed by atoms with van der Waals surface area (Å²) in [5.74, 6) is 0.805. The monoisotopic (exact) mass is 247 g/mol. The minimum absolute atomic E-state index is 0.263. The van der Waals surface area contributed by atoms with Gasteiger partial charge in [0.1, 0.15) is 0 Å². The van der Waals surface area contributed by atoms with E-state index >= 15 is 0 Å². The minimum atomic E-state index is 0.263. The fraction of sp³-hybridized carbons (Fsp3) is 0.647. The molecule has 1 nitrogen and oxygen atoms in total. The molecule has 1 atom stereocenters. The highest BCUT2D eigenvalue weighted by Crippen LogP contribution is 2.23. The van der Waals surface area contributed by atoms with E-state index in [1.165, 1.54) is 30.4 Å². The Balaban J connectivity index is 2.44. The summed E-state index contributed by atoms with van der Waals surface area (Å²) in [5, 5.41) is 3.22. The zero-order valence-corrected chi connectivity index (χ0v) is 12.7. The predicted octanol–water partition coefficient (Wildman–Crippen LogP) is 4.16. The average Bonchev–Trinajstić information content (AvgIpc) is 2.33. The molecule has 1 rings (SSSR count). The Morgan fingerprint density at radius 1 is 1.06 bits per heavy atom. The van der Waals surface area contributed by atoms with E-state index in [1.54, 1.807) is 0 Å². The first-order valence-electron chi connectivity index (χ1n) is 7.17. The summed E-state index contributed by atoms with van der Waals surface area (Å²) in [6.07, 6.45) is 3.77. The van der Waals surface area contributed by atoms with E-state index in [-0.39, 0.29) is 5.41 Å². The predicted molar refractivity (Wildman–Crippen MR) is 81.2 cm³/mol. The number of rotatable bonds is 6. The van der Waals surface area contributed by atoms with Crippen LogP contribution >= 0.6 is 0 Å². The standard InChI is InChI=1S/C17H29N/c1-14(12-13-18-5)6-7-15-8-10-16(11-9-15)17(2,3)4/h8-11,14,18H,6-7,12-13H2,1-5H3. The molecule has 0 fully saturated rings. The highest BCUT2D eigenvalue weighted by atomic mass is 14.8. The highest BCUT2D eigenvalue weighted by Gasteiger charge is 2.12. The van der Waals surface area contributed by atoms with Crippen molar-refractivity contribution < 1.29 is 0 Å². The van der Waals surface area contributed by atoms with Gasteiger partial charge < -0.3 is 5.32 Å². The molecule has 0 aliphatic carbocycles. The van der Waals surface area contributed by atoms with Gasteiger partial charge in [-0.25, -0.2) is 0 Å². The van der Waals surface area contributed by atoms with Gasteiger partial charge in [-0.05, 0) is 55.3 Å². The molecule has 0 heterocycles. The molecule has 0 spiro atoms. The van der Waals surface area contributed by atoms with E-state index in [2.05, 4.69) is 57.3 Å². The molecule has 1 aromatic rings. The van der Waals surface area contributed by atoms with Crippen LogP contribution in [0.15, 0.2) is 24.3 Å². The maximum atomic E-state index is 3.22. The fourth-order valence-electron chi connectivity index (χ4n) is 2.12. The summed E-state index contributed by atoms with van der Waals surface area (Å²) in [4.78, 5) is 0. The summed E-state index contributed by atoms with van der Waals surface area (Å²) >= 11 is 0. The molecule has 1 aromatic carbocycles. The largest absolute Gasteiger partial charge is 0.320 e. The molecule has 0 radical (unpaired) electrons. The fourth-order valence-corrected chi connectivity index (χ4v) is 2.12. The second kappa shape index (κ2) is 6.94. The van der Waals surface area contributed by atoms with Crippen molar-refractivity contribution in [2.45, 2.75) is 52.4 Å². The van der Waals surface area contributed by atoms with Crippen molar-refractivity contribution in [2.75, 3.05) is 13.6 Å². The van der Waals surface area contributed by atoms with E-state index < -0.39 is 0 Å². The lowest BCUT2D eigenvalue weighted by Crippen LogP contribution is -2.12. The lowest BCUT2D eigenvalue weighted by atomic mass is 9.86. The molecule has 1 unspecified atom stereocenters. The first-order valence-corrected chi connectivity index (χ1v) is 7.17. The summed E-state index contributed by atoms with van der Waals surface area (Å²) in [5.41, 5.74) is 3.16. The highest BCUT2D eigenvalue weighted by molar-refractivity contribution is 5.27. The van der Waals surface area contributed by atoms with Crippen molar-refractivity contribution >= 4 is 0 Å². The lowest BCUT2D eigenvalue weighted by molar-refractivity contribution is 0.482. The average molecular weight is 247 g/mol. The lowest BCUT2D eigenvalue weighted by Gasteiger charge is -2.19. The van der Waals surface area contributed by atoms with Crippen LogP contribution in [0.1, 0.15) is 51.7 Å². The van der Waals surface area contributed by atoms with Gasteiger partial charge in [-0.3, -0.25) is 0 Å². The van der Waals surface area contributed by atoms with Crippen molar-refractivity contribution in [3.8, 4) is 0 Å². The molecule has 0 aliphatic rings. The van der Waals surface area contributed by atoms with Crippen LogP contribution in [-0.2, 0) is 11.8 Å². The Labute approximate surface area is 113 Å². The van der Waals surface area contributed by atoms with Gasteiger partial charge in [0.05, 0.1) is 0 Å². The van der Waals surface area contributed by atoms with E-state index in [9.17, 15) is 0 Å². The van der Waals surface area contributed by atoms with Gasteiger partial charge in [0.15, 0.2) is 0 Å². The Kier molecular flexibility index (Phi) is 5.87. The van der Waals surface area contributed by atoms with Crippen LogP contribution in [0.2, 0.25) is 0 Å². The maximum absolute atomic E-state index is 3.22. The third-order valence-electron chi connectivity index (χ3n) is 3.63. The molecule has 0 saturated carbocycles. The first kappa shape index (κ1) is 15.2. The molecular weight excluding hydrogens is 218 g/mol. The SMILES string of the molecule is CNCCC(C)CCc1ccc(C(C)(C)C)cc1. The minimum Gasteiger partial charge on any atom is -0.320 e. The zero-order chi connectivity index (χ0) is 13.6. The zero-order valence-electron chi connectivity index (χ0n) is 12.7. The van der Waals surface area contributed by atoms with Crippen LogP contribution in [0, 0.1) is 5.92 Å². The van der Waals surface area contributed by atoms with Crippen LogP contribution in [0.5, 0.6) is 0 Å². The first-order chi connectivity index (χ1) is 8.43.